The minimum atomic E-state index is -1.98. The highest BCUT2D eigenvalue weighted by atomic mass is 16.8. The smallest absolute Gasteiger partial charge is 0.220 e. The van der Waals surface area contributed by atoms with Gasteiger partial charge in [0.1, 0.15) is 73.2 Å². The maximum Gasteiger partial charge on any atom is 0.220 e. The van der Waals surface area contributed by atoms with Crippen LogP contribution in [-0.4, -0.2) is 193 Å². The summed E-state index contributed by atoms with van der Waals surface area (Å²) in [6.07, 6.45) is 37.4. The summed E-state index contributed by atoms with van der Waals surface area (Å²) in [7, 11) is 0. The number of allylic oxidation sites excluding steroid dienone is 3. The Labute approximate surface area is 556 Å². The van der Waals surface area contributed by atoms with Crippen molar-refractivity contribution in [3.05, 3.63) is 24.3 Å². The highest BCUT2D eigenvalue weighted by molar-refractivity contribution is 5.76. The highest BCUT2D eigenvalue weighted by Gasteiger charge is 2.53. The third-order valence-electron chi connectivity index (χ3n) is 19.0. The van der Waals surface area contributed by atoms with Crippen LogP contribution in [0.25, 0.3) is 0 Å². The molecule has 3 heterocycles. The monoisotopic (exact) mass is 1320 g/mol. The van der Waals surface area contributed by atoms with Crippen molar-refractivity contribution in [2.75, 3.05) is 26.4 Å². The average molecular weight is 1320 g/mol. The van der Waals surface area contributed by atoms with E-state index >= 15 is 0 Å². The molecule has 0 spiro atoms. The van der Waals surface area contributed by atoms with Crippen molar-refractivity contribution in [3.8, 4) is 0 Å². The predicted molar refractivity (Wildman–Crippen MR) is 360 cm³/mol. The lowest BCUT2D eigenvalue weighted by atomic mass is 9.96. The molecular weight excluding hydrogens is 1180 g/mol. The van der Waals surface area contributed by atoms with Crippen LogP contribution in [0.2, 0.25) is 0 Å². The lowest BCUT2D eigenvalue weighted by Crippen LogP contribution is -2.66. The minimum Gasteiger partial charge on any atom is -0.394 e. The molecule has 19 heteroatoms. The molecule has 0 saturated carbocycles. The number of carbonyl (C=O) groups is 1. The van der Waals surface area contributed by atoms with Gasteiger partial charge in [-0.1, -0.05) is 289 Å². The highest BCUT2D eigenvalue weighted by Crippen LogP contribution is 2.33. The van der Waals surface area contributed by atoms with E-state index in [2.05, 4.69) is 31.3 Å². The van der Waals surface area contributed by atoms with Crippen LogP contribution in [-0.2, 0) is 33.2 Å². The Morgan fingerprint density at radius 3 is 1.09 bits per heavy atom. The third kappa shape index (κ3) is 36.2. The third-order valence-corrected chi connectivity index (χ3v) is 19.0. The number of unbranched alkanes of at least 4 members (excludes halogenated alkanes) is 41. The van der Waals surface area contributed by atoms with Gasteiger partial charge >= 0.3 is 0 Å². The van der Waals surface area contributed by atoms with Gasteiger partial charge in [-0.25, -0.2) is 0 Å². The topological polar surface area (TPSA) is 307 Å². The molecule has 1 amide bonds. The molecule has 0 aromatic carbocycles. The molecule has 12 N–H and O–H groups in total. The molecule has 0 radical (unpaired) electrons. The number of hydrogen-bond acceptors (Lipinski definition) is 18. The Bertz CT molecular complexity index is 1760. The lowest BCUT2D eigenvalue weighted by molar-refractivity contribution is -0.379. The molecule has 0 aromatic rings. The van der Waals surface area contributed by atoms with E-state index in [0.717, 1.165) is 38.5 Å². The zero-order valence-electron chi connectivity index (χ0n) is 57.5. The van der Waals surface area contributed by atoms with Crippen LogP contribution >= 0.6 is 0 Å². The second kappa shape index (κ2) is 55.2. The summed E-state index contributed by atoms with van der Waals surface area (Å²) in [5, 5.41) is 121. The van der Waals surface area contributed by atoms with Crippen LogP contribution in [0.15, 0.2) is 24.3 Å². The first-order valence-corrected chi connectivity index (χ1v) is 37.6. The summed E-state index contributed by atoms with van der Waals surface area (Å²) >= 11 is 0. The van der Waals surface area contributed by atoms with Gasteiger partial charge in [-0.05, 0) is 32.1 Å². The quantitative estimate of drug-likeness (QED) is 0.0199. The fourth-order valence-corrected chi connectivity index (χ4v) is 12.9. The van der Waals surface area contributed by atoms with Crippen LogP contribution in [0.3, 0.4) is 0 Å². The van der Waals surface area contributed by atoms with E-state index in [9.17, 15) is 61.0 Å². The Hall–Kier alpha value is -1.73. The van der Waals surface area contributed by atoms with E-state index in [-0.39, 0.29) is 18.9 Å². The molecule has 17 unspecified atom stereocenters. The van der Waals surface area contributed by atoms with Crippen molar-refractivity contribution in [2.24, 2.45) is 0 Å². The molecule has 92 heavy (non-hydrogen) atoms. The first kappa shape index (κ1) is 84.5. The Morgan fingerprint density at radius 2 is 0.696 bits per heavy atom. The van der Waals surface area contributed by atoms with E-state index in [1.54, 1.807) is 6.08 Å². The summed E-state index contributed by atoms with van der Waals surface area (Å²) in [5.41, 5.74) is 0. The second-order valence-electron chi connectivity index (χ2n) is 27.1. The summed E-state index contributed by atoms with van der Waals surface area (Å²) < 4.78 is 34.4. The fraction of sp³-hybridized carbons (Fsp3) is 0.932. The van der Waals surface area contributed by atoms with Gasteiger partial charge in [-0.2, -0.15) is 0 Å². The molecule has 3 aliphatic rings. The van der Waals surface area contributed by atoms with E-state index < -0.39 is 124 Å². The Kier molecular flexibility index (Phi) is 50.7. The van der Waals surface area contributed by atoms with E-state index in [0.29, 0.717) is 12.8 Å². The van der Waals surface area contributed by atoms with Gasteiger partial charge in [-0.15, -0.1) is 0 Å². The first-order valence-electron chi connectivity index (χ1n) is 37.6. The fourth-order valence-electron chi connectivity index (χ4n) is 12.9. The Balaban J connectivity index is 1.42. The van der Waals surface area contributed by atoms with Crippen LogP contribution < -0.4 is 5.32 Å². The van der Waals surface area contributed by atoms with Crippen molar-refractivity contribution in [1.29, 1.82) is 0 Å². The minimum absolute atomic E-state index is 0.241. The van der Waals surface area contributed by atoms with Crippen molar-refractivity contribution < 1.29 is 89.4 Å². The molecule has 3 rings (SSSR count). The zero-order valence-corrected chi connectivity index (χ0v) is 57.5. The zero-order chi connectivity index (χ0) is 66.8. The van der Waals surface area contributed by atoms with Crippen molar-refractivity contribution in [1.82, 2.24) is 5.32 Å². The number of aliphatic hydroxyl groups excluding tert-OH is 11. The van der Waals surface area contributed by atoms with Gasteiger partial charge in [0.25, 0.3) is 0 Å². The predicted octanol–water partition coefficient (Wildman–Crippen LogP) is 11.0. The molecule has 0 aliphatic carbocycles. The van der Waals surface area contributed by atoms with Crippen LogP contribution in [0.4, 0.5) is 0 Å². The normalized spacial score (nSPS) is 27.8. The SMILES string of the molecule is CCCCCCCCCCCCCCCCCCCCCCC/C=C/CC/C=C/C(O)C(COC1OC(CO)C(OC2OC(CO)C(OC3OC(CO)C(O)C(O)C3O)C(O)C2O)C(O)C1O)NC(=O)CCCCCCCCCCCCCCCCCCCCCC. The number of ether oxygens (including phenoxy) is 6. The van der Waals surface area contributed by atoms with E-state index in [1.807, 2.05) is 6.08 Å². The lowest BCUT2D eigenvalue weighted by Gasteiger charge is -2.48. The summed E-state index contributed by atoms with van der Waals surface area (Å²) in [4.78, 5) is 13.4. The number of amides is 1. The molecule has 19 nitrogen and oxygen atoms in total. The van der Waals surface area contributed by atoms with Gasteiger partial charge in [0.15, 0.2) is 18.9 Å². The van der Waals surface area contributed by atoms with Crippen LogP contribution in [0.1, 0.15) is 303 Å². The van der Waals surface area contributed by atoms with Crippen molar-refractivity contribution >= 4 is 5.91 Å². The second-order valence-corrected chi connectivity index (χ2v) is 27.1. The maximum atomic E-state index is 13.4. The molecule has 17 atom stereocenters. The number of carbonyl (C=O) groups excluding carboxylic acids is 1. The van der Waals surface area contributed by atoms with Crippen LogP contribution in [0.5, 0.6) is 0 Å². The molecule has 3 fully saturated rings. The van der Waals surface area contributed by atoms with Gasteiger partial charge in [-0.3, -0.25) is 4.79 Å². The molecule has 0 aromatic heterocycles. The molecule has 0 bridgehead atoms. The van der Waals surface area contributed by atoms with E-state index in [4.69, 9.17) is 28.4 Å². The van der Waals surface area contributed by atoms with Crippen LogP contribution in [0, 0.1) is 0 Å². The summed E-state index contributed by atoms with van der Waals surface area (Å²) in [6.45, 7) is 1.76. The van der Waals surface area contributed by atoms with Gasteiger partial charge < -0.3 is 89.9 Å². The number of hydrogen-bond donors (Lipinski definition) is 12. The summed E-state index contributed by atoms with van der Waals surface area (Å²) in [6, 6.07) is -0.987. The van der Waals surface area contributed by atoms with Gasteiger partial charge in [0.05, 0.1) is 38.6 Å². The maximum absolute atomic E-state index is 13.4. The largest absolute Gasteiger partial charge is 0.394 e. The van der Waals surface area contributed by atoms with Gasteiger partial charge in [0.2, 0.25) is 5.91 Å². The van der Waals surface area contributed by atoms with Gasteiger partial charge in [0, 0.05) is 6.42 Å². The Morgan fingerprint density at radius 1 is 0.380 bits per heavy atom. The molecule has 3 aliphatic heterocycles. The number of rotatable bonds is 59. The van der Waals surface area contributed by atoms with Crippen molar-refractivity contribution in [3.63, 3.8) is 0 Å². The molecule has 542 valence electrons. The van der Waals surface area contributed by atoms with Crippen molar-refractivity contribution in [2.45, 2.75) is 407 Å². The number of aliphatic hydroxyl groups is 11. The first-order chi connectivity index (χ1) is 44.8. The standard InChI is InChI=1S/C73H137NO18/c1-3-5-7-9-11-13-15-17-19-21-23-25-26-27-28-29-30-31-32-34-36-38-40-42-44-46-48-50-57(78)56(74-61(79)51-49-47-45-43-41-39-37-35-33-24-22-20-18-16-14-12-10-8-6-4-2)55-87-71-67(85)64(82)69(59(53-76)89-71)92-73-68(86)65(83)70(60(54-77)90-73)91-72-66(84)63(81)62(80)58(52-75)88-72/h40,42,48,50,56-60,62-73,75-78,80-86H,3-39,41,43-47,49,51-55H2,1-2H3,(H,74,79)/b42-40+,50-48+. The van der Waals surface area contributed by atoms with E-state index in [1.165, 1.54) is 231 Å². The molecular formula is C73H137NO18. The molecule has 3 saturated heterocycles. The summed E-state index contributed by atoms with van der Waals surface area (Å²) in [5.74, 6) is -0.279. The average Bonchev–Trinajstić information content (AvgIpc) is 0.844. The number of nitrogens with one attached hydrogen (secondary N) is 1.